The molecule has 0 bridgehead atoms. The predicted octanol–water partition coefficient (Wildman–Crippen LogP) is 1.00. The molecule has 1 aromatic rings. The fraction of sp³-hybridized carbons (Fsp3) is 0.500. The summed E-state index contributed by atoms with van der Waals surface area (Å²) in [4.78, 5) is 2.11. The van der Waals surface area contributed by atoms with Gasteiger partial charge in [-0.05, 0) is 17.7 Å². The van der Waals surface area contributed by atoms with Crippen LogP contribution in [0.25, 0.3) is 0 Å². The molecule has 1 radical (unpaired) electrons. The first kappa shape index (κ1) is 10.5. The molecule has 1 aliphatic heterocycles. The van der Waals surface area contributed by atoms with Gasteiger partial charge < -0.3 is 10.2 Å². The van der Waals surface area contributed by atoms with Crippen LogP contribution in [0.15, 0.2) is 24.3 Å². The minimum atomic E-state index is 0.412. The van der Waals surface area contributed by atoms with Gasteiger partial charge in [-0.25, -0.2) is 5.32 Å². The molecule has 3 heteroatoms. The van der Waals surface area contributed by atoms with E-state index in [1.807, 2.05) is 0 Å². The maximum atomic E-state index is 4.42. The summed E-state index contributed by atoms with van der Waals surface area (Å²) in [5, 5.41) is 7.90. The van der Waals surface area contributed by atoms with E-state index in [1.54, 1.807) is 0 Å². The van der Waals surface area contributed by atoms with Gasteiger partial charge in [-0.2, -0.15) is 0 Å². The summed E-state index contributed by atoms with van der Waals surface area (Å²) in [5.74, 6) is 0. The molecule has 1 heterocycles. The summed E-state index contributed by atoms with van der Waals surface area (Å²) >= 11 is 0. The highest BCUT2D eigenvalue weighted by Crippen LogP contribution is 2.18. The quantitative estimate of drug-likeness (QED) is 0.779. The first-order valence-electron chi connectivity index (χ1n) is 5.41. The Labute approximate surface area is 91.5 Å². The first-order valence-corrected chi connectivity index (χ1v) is 5.41. The van der Waals surface area contributed by atoms with Crippen LogP contribution in [0, 0.1) is 0 Å². The maximum absolute atomic E-state index is 4.42. The maximum Gasteiger partial charge on any atom is 0.0464 e. The van der Waals surface area contributed by atoms with E-state index in [2.05, 4.69) is 53.9 Å². The van der Waals surface area contributed by atoms with Gasteiger partial charge in [-0.3, -0.25) is 0 Å². The number of hydrogen-bond donors (Lipinski definition) is 1. The molecule has 1 aliphatic rings. The summed E-state index contributed by atoms with van der Waals surface area (Å²) in [6.45, 7) is 2.85. The van der Waals surface area contributed by atoms with E-state index >= 15 is 0 Å². The number of anilines is 1. The second-order valence-electron chi connectivity index (χ2n) is 4.12. The number of rotatable bonds is 2. The zero-order chi connectivity index (χ0) is 10.7. The lowest BCUT2D eigenvalue weighted by Gasteiger charge is -2.24. The van der Waals surface area contributed by atoms with Crippen LogP contribution in [0.2, 0.25) is 0 Å². The molecule has 1 N–H and O–H groups in total. The molecule has 0 spiro atoms. The third-order valence-corrected chi connectivity index (χ3v) is 2.78. The molecule has 0 amide bonds. The van der Waals surface area contributed by atoms with Crippen LogP contribution in [0.4, 0.5) is 5.69 Å². The number of piperazine rings is 1. The number of hydrogen-bond acceptors (Lipinski definition) is 2. The van der Waals surface area contributed by atoms with Gasteiger partial charge in [0.2, 0.25) is 0 Å². The van der Waals surface area contributed by atoms with Crippen molar-refractivity contribution in [2.75, 3.05) is 38.6 Å². The smallest absolute Gasteiger partial charge is 0.0464 e. The van der Waals surface area contributed by atoms with Gasteiger partial charge in [0.05, 0.1) is 0 Å². The van der Waals surface area contributed by atoms with Crippen molar-refractivity contribution in [3.63, 3.8) is 0 Å². The highest BCUT2D eigenvalue weighted by atomic mass is 15.1. The molecular weight excluding hydrogens is 186 g/mol. The standard InChI is InChI=1S/C12H18N3/c1-15(2)11-5-3-10(4-6-11)12-9-13-7-8-14-12/h3-6,12,14H,7-9H2,1-2H3/t12-/m1/s1. The molecule has 2 rings (SSSR count). The monoisotopic (exact) mass is 204 g/mol. The average molecular weight is 204 g/mol. The van der Waals surface area contributed by atoms with E-state index in [9.17, 15) is 0 Å². The van der Waals surface area contributed by atoms with Crippen LogP contribution in [0.5, 0.6) is 0 Å². The molecule has 0 aromatic heterocycles. The van der Waals surface area contributed by atoms with Gasteiger partial charge in [-0.1, -0.05) is 12.1 Å². The van der Waals surface area contributed by atoms with E-state index < -0.39 is 0 Å². The Bertz CT molecular complexity index is 299. The van der Waals surface area contributed by atoms with Gasteiger partial charge in [0.15, 0.2) is 0 Å². The summed E-state index contributed by atoms with van der Waals surface area (Å²) in [5.41, 5.74) is 2.58. The third-order valence-electron chi connectivity index (χ3n) is 2.78. The zero-order valence-electron chi connectivity index (χ0n) is 9.40. The van der Waals surface area contributed by atoms with Crippen molar-refractivity contribution in [3.05, 3.63) is 29.8 Å². The van der Waals surface area contributed by atoms with Crippen molar-refractivity contribution in [1.82, 2.24) is 10.6 Å². The molecule has 0 unspecified atom stereocenters. The van der Waals surface area contributed by atoms with Crippen LogP contribution >= 0.6 is 0 Å². The Morgan fingerprint density at radius 2 is 2.00 bits per heavy atom. The van der Waals surface area contributed by atoms with Gasteiger partial charge in [0.1, 0.15) is 0 Å². The third kappa shape index (κ3) is 2.49. The molecule has 15 heavy (non-hydrogen) atoms. The highest BCUT2D eigenvalue weighted by Gasteiger charge is 2.14. The number of nitrogens with zero attached hydrogens (tertiary/aromatic N) is 2. The van der Waals surface area contributed by atoms with Crippen LogP contribution in [0.3, 0.4) is 0 Å². The van der Waals surface area contributed by atoms with E-state index in [1.165, 1.54) is 11.3 Å². The summed E-state index contributed by atoms with van der Waals surface area (Å²) in [7, 11) is 4.12. The normalized spacial score (nSPS) is 21.3. The largest absolute Gasteiger partial charge is 0.378 e. The molecular formula is C12H18N3. The Morgan fingerprint density at radius 1 is 1.27 bits per heavy atom. The minimum absolute atomic E-state index is 0.412. The SMILES string of the molecule is CN(C)c1ccc([C@H]2C[N]CCN2)cc1. The number of benzene rings is 1. The van der Waals surface area contributed by atoms with Crippen molar-refractivity contribution >= 4 is 5.69 Å². The van der Waals surface area contributed by atoms with Gasteiger partial charge in [-0.15, -0.1) is 0 Å². The Morgan fingerprint density at radius 3 is 2.53 bits per heavy atom. The van der Waals surface area contributed by atoms with Crippen molar-refractivity contribution in [1.29, 1.82) is 0 Å². The van der Waals surface area contributed by atoms with E-state index in [0.717, 1.165) is 19.6 Å². The highest BCUT2D eigenvalue weighted by molar-refractivity contribution is 5.46. The fourth-order valence-electron chi connectivity index (χ4n) is 1.83. The molecule has 1 fully saturated rings. The first-order chi connectivity index (χ1) is 7.27. The molecule has 0 saturated carbocycles. The molecule has 81 valence electrons. The minimum Gasteiger partial charge on any atom is -0.378 e. The Balaban J connectivity index is 2.08. The lowest BCUT2D eigenvalue weighted by Crippen LogP contribution is -2.38. The van der Waals surface area contributed by atoms with Crippen molar-refractivity contribution in [2.45, 2.75) is 6.04 Å². The topological polar surface area (TPSA) is 29.4 Å². The molecule has 1 saturated heterocycles. The van der Waals surface area contributed by atoms with Gasteiger partial charge in [0.25, 0.3) is 0 Å². The van der Waals surface area contributed by atoms with E-state index in [0.29, 0.717) is 6.04 Å². The van der Waals surface area contributed by atoms with Crippen LogP contribution in [-0.4, -0.2) is 33.7 Å². The summed E-state index contributed by atoms with van der Waals surface area (Å²) in [6.07, 6.45) is 0. The Kier molecular flexibility index (Phi) is 3.23. The predicted molar refractivity (Wildman–Crippen MR) is 63.4 cm³/mol. The van der Waals surface area contributed by atoms with Crippen LogP contribution < -0.4 is 15.5 Å². The fourth-order valence-corrected chi connectivity index (χ4v) is 1.83. The van der Waals surface area contributed by atoms with Crippen LogP contribution in [-0.2, 0) is 0 Å². The average Bonchev–Trinajstić information content (AvgIpc) is 2.30. The van der Waals surface area contributed by atoms with Crippen molar-refractivity contribution < 1.29 is 0 Å². The molecule has 3 nitrogen and oxygen atoms in total. The molecule has 1 aromatic carbocycles. The van der Waals surface area contributed by atoms with E-state index in [4.69, 9.17) is 0 Å². The molecule has 1 atom stereocenters. The lowest BCUT2D eigenvalue weighted by atomic mass is 10.1. The van der Waals surface area contributed by atoms with Crippen molar-refractivity contribution in [2.24, 2.45) is 0 Å². The second kappa shape index (κ2) is 4.64. The van der Waals surface area contributed by atoms with E-state index in [-0.39, 0.29) is 0 Å². The van der Waals surface area contributed by atoms with Crippen LogP contribution in [0.1, 0.15) is 11.6 Å². The van der Waals surface area contributed by atoms with Gasteiger partial charge >= 0.3 is 0 Å². The summed E-state index contributed by atoms with van der Waals surface area (Å²) in [6, 6.07) is 9.11. The van der Waals surface area contributed by atoms with Crippen molar-refractivity contribution in [3.8, 4) is 0 Å². The zero-order valence-corrected chi connectivity index (χ0v) is 9.40. The summed E-state index contributed by atoms with van der Waals surface area (Å²) < 4.78 is 0. The van der Waals surface area contributed by atoms with Gasteiger partial charge in [0, 0.05) is 45.5 Å². The Hall–Kier alpha value is -1.06. The second-order valence-corrected chi connectivity index (χ2v) is 4.12. The number of nitrogens with one attached hydrogen (secondary N) is 1. The molecule has 0 aliphatic carbocycles. The lowest BCUT2D eigenvalue weighted by molar-refractivity contribution is 0.424.